The Morgan fingerprint density at radius 3 is 2.68 bits per heavy atom. The Hall–Kier alpha value is -1.80. The minimum Gasteiger partial charge on any atom is -0.452 e. The van der Waals surface area contributed by atoms with Gasteiger partial charge in [-0.25, -0.2) is 4.79 Å². The second-order valence-corrected chi connectivity index (χ2v) is 5.93. The van der Waals surface area contributed by atoms with Crippen molar-refractivity contribution >= 4 is 57.4 Å². The van der Waals surface area contributed by atoms with E-state index in [4.69, 9.17) is 22.1 Å². The Bertz CT molecular complexity index is 722. The van der Waals surface area contributed by atoms with Crippen LogP contribution in [-0.2, 0) is 9.53 Å². The molecule has 2 aromatic carbocycles. The van der Waals surface area contributed by atoms with Gasteiger partial charge >= 0.3 is 5.97 Å². The SMILES string of the molecule is Nc1ccc(Cl)cc1C(=O)OCC(=O)Nc1ccccc1I. The van der Waals surface area contributed by atoms with Gasteiger partial charge < -0.3 is 15.8 Å². The molecule has 5 nitrogen and oxygen atoms in total. The third kappa shape index (κ3) is 4.35. The largest absolute Gasteiger partial charge is 0.452 e. The lowest BCUT2D eigenvalue weighted by Gasteiger charge is -2.09. The normalized spacial score (nSPS) is 10.1. The van der Waals surface area contributed by atoms with Gasteiger partial charge in [0.2, 0.25) is 0 Å². The molecule has 1 amide bonds. The Labute approximate surface area is 145 Å². The molecular weight excluding hydrogens is 419 g/mol. The molecule has 0 saturated heterocycles. The summed E-state index contributed by atoms with van der Waals surface area (Å²) in [5.41, 5.74) is 6.71. The summed E-state index contributed by atoms with van der Waals surface area (Å²) >= 11 is 7.90. The number of nitrogen functional groups attached to an aromatic ring is 1. The third-order valence-electron chi connectivity index (χ3n) is 2.72. The second-order valence-electron chi connectivity index (χ2n) is 4.34. The Balaban J connectivity index is 1.95. The van der Waals surface area contributed by atoms with Crippen LogP contribution in [0.15, 0.2) is 42.5 Å². The average molecular weight is 431 g/mol. The zero-order valence-electron chi connectivity index (χ0n) is 11.3. The van der Waals surface area contributed by atoms with Crippen molar-refractivity contribution < 1.29 is 14.3 Å². The smallest absolute Gasteiger partial charge is 0.340 e. The number of nitrogens with one attached hydrogen (secondary N) is 1. The number of esters is 1. The van der Waals surface area contributed by atoms with Gasteiger partial charge in [-0.15, -0.1) is 0 Å². The summed E-state index contributed by atoms with van der Waals surface area (Å²) < 4.78 is 5.83. The number of hydrogen-bond donors (Lipinski definition) is 2. The molecule has 2 aromatic rings. The molecule has 0 atom stereocenters. The van der Waals surface area contributed by atoms with Crippen molar-refractivity contribution in [2.75, 3.05) is 17.7 Å². The van der Waals surface area contributed by atoms with Crippen molar-refractivity contribution in [2.24, 2.45) is 0 Å². The fraction of sp³-hybridized carbons (Fsp3) is 0.0667. The summed E-state index contributed by atoms with van der Waals surface area (Å²) in [6, 6.07) is 11.8. The van der Waals surface area contributed by atoms with E-state index in [2.05, 4.69) is 27.9 Å². The first-order valence-corrected chi connectivity index (χ1v) is 7.69. The van der Waals surface area contributed by atoms with Crippen LogP contribution in [0.4, 0.5) is 11.4 Å². The summed E-state index contributed by atoms with van der Waals surface area (Å²) in [4.78, 5) is 23.7. The van der Waals surface area contributed by atoms with Gasteiger partial charge in [-0.05, 0) is 52.9 Å². The highest BCUT2D eigenvalue weighted by molar-refractivity contribution is 14.1. The Morgan fingerprint density at radius 1 is 1.23 bits per heavy atom. The Morgan fingerprint density at radius 2 is 1.95 bits per heavy atom. The minimum atomic E-state index is -0.696. The molecule has 0 aliphatic carbocycles. The first kappa shape index (κ1) is 16.6. The number of hydrogen-bond acceptors (Lipinski definition) is 4. The second kappa shape index (κ2) is 7.46. The number of benzene rings is 2. The molecule has 0 heterocycles. The highest BCUT2D eigenvalue weighted by atomic mass is 127. The standard InChI is InChI=1S/C15H12ClIN2O3/c16-9-5-6-12(18)10(7-9)15(21)22-8-14(20)19-13-4-2-1-3-11(13)17/h1-7H,8,18H2,(H,19,20). The minimum absolute atomic E-state index is 0.134. The van der Waals surface area contributed by atoms with Crippen LogP contribution >= 0.6 is 34.2 Å². The van der Waals surface area contributed by atoms with Crippen molar-refractivity contribution in [1.29, 1.82) is 0 Å². The fourth-order valence-electron chi connectivity index (χ4n) is 1.66. The predicted molar refractivity (Wildman–Crippen MR) is 93.9 cm³/mol. The van der Waals surface area contributed by atoms with Crippen molar-refractivity contribution in [3.63, 3.8) is 0 Å². The van der Waals surface area contributed by atoms with Gasteiger partial charge in [0.1, 0.15) is 0 Å². The van der Waals surface area contributed by atoms with Crippen molar-refractivity contribution in [3.05, 3.63) is 56.6 Å². The predicted octanol–water partition coefficient (Wildman–Crippen LogP) is 3.32. The quantitative estimate of drug-likeness (QED) is 0.443. The number of para-hydroxylation sites is 1. The number of nitrogens with two attached hydrogens (primary N) is 1. The van der Waals surface area contributed by atoms with Crippen LogP contribution in [0.5, 0.6) is 0 Å². The molecule has 0 unspecified atom stereocenters. The molecule has 0 spiro atoms. The van der Waals surface area contributed by atoms with E-state index in [1.165, 1.54) is 12.1 Å². The molecule has 0 saturated carbocycles. The van der Waals surface area contributed by atoms with Gasteiger partial charge in [-0.3, -0.25) is 4.79 Å². The van der Waals surface area contributed by atoms with E-state index < -0.39 is 18.5 Å². The first-order chi connectivity index (χ1) is 10.5. The van der Waals surface area contributed by atoms with Crippen LogP contribution in [0.25, 0.3) is 0 Å². The van der Waals surface area contributed by atoms with E-state index in [0.29, 0.717) is 10.7 Å². The molecule has 0 radical (unpaired) electrons. The lowest BCUT2D eigenvalue weighted by molar-refractivity contribution is -0.119. The van der Waals surface area contributed by atoms with Gasteiger partial charge in [-0.1, -0.05) is 23.7 Å². The van der Waals surface area contributed by atoms with Crippen molar-refractivity contribution in [1.82, 2.24) is 0 Å². The van der Waals surface area contributed by atoms with Crippen LogP contribution in [0.1, 0.15) is 10.4 Å². The van der Waals surface area contributed by atoms with Gasteiger partial charge in [0.15, 0.2) is 6.61 Å². The molecule has 2 rings (SSSR count). The molecule has 7 heteroatoms. The number of carbonyl (C=O) groups excluding carboxylic acids is 2. The van der Waals surface area contributed by atoms with Gasteiger partial charge in [0, 0.05) is 14.3 Å². The molecule has 0 aliphatic rings. The average Bonchev–Trinajstić information content (AvgIpc) is 2.49. The Kier molecular flexibility index (Phi) is 5.62. The number of ether oxygens (including phenoxy) is 1. The number of anilines is 2. The van der Waals surface area contributed by atoms with Crippen LogP contribution in [0.2, 0.25) is 5.02 Å². The summed E-state index contributed by atoms with van der Waals surface area (Å²) in [7, 11) is 0. The number of halogens is 2. The first-order valence-electron chi connectivity index (χ1n) is 6.24. The highest BCUT2D eigenvalue weighted by Gasteiger charge is 2.14. The number of amides is 1. The topological polar surface area (TPSA) is 81.4 Å². The summed E-state index contributed by atoms with van der Waals surface area (Å²) in [5, 5.41) is 3.03. The molecular formula is C15H12ClIN2O3. The fourth-order valence-corrected chi connectivity index (χ4v) is 2.36. The maximum Gasteiger partial charge on any atom is 0.340 e. The van der Waals surface area contributed by atoms with E-state index >= 15 is 0 Å². The van der Waals surface area contributed by atoms with E-state index in [1.807, 2.05) is 12.1 Å². The molecule has 3 N–H and O–H groups in total. The maximum absolute atomic E-state index is 11.9. The summed E-state index contributed by atoms with van der Waals surface area (Å²) in [6.45, 7) is -0.407. The molecule has 0 fully saturated rings. The zero-order valence-corrected chi connectivity index (χ0v) is 14.2. The molecule has 0 aliphatic heterocycles. The monoisotopic (exact) mass is 430 g/mol. The van der Waals surface area contributed by atoms with E-state index in [-0.39, 0.29) is 11.3 Å². The van der Waals surface area contributed by atoms with Crippen LogP contribution < -0.4 is 11.1 Å². The van der Waals surface area contributed by atoms with Crippen LogP contribution in [0.3, 0.4) is 0 Å². The van der Waals surface area contributed by atoms with E-state index in [0.717, 1.165) is 3.57 Å². The van der Waals surface area contributed by atoms with Crippen molar-refractivity contribution in [2.45, 2.75) is 0 Å². The lowest BCUT2D eigenvalue weighted by Crippen LogP contribution is -2.21. The summed E-state index contributed by atoms with van der Waals surface area (Å²) in [6.07, 6.45) is 0. The van der Waals surface area contributed by atoms with E-state index in [1.54, 1.807) is 18.2 Å². The third-order valence-corrected chi connectivity index (χ3v) is 3.89. The molecule has 22 heavy (non-hydrogen) atoms. The van der Waals surface area contributed by atoms with Crippen LogP contribution in [0, 0.1) is 3.57 Å². The van der Waals surface area contributed by atoms with Gasteiger partial charge in [0.25, 0.3) is 5.91 Å². The van der Waals surface area contributed by atoms with E-state index in [9.17, 15) is 9.59 Å². The number of carbonyl (C=O) groups is 2. The zero-order chi connectivity index (χ0) is 16.1. The van der Waals surface area contributed by atoms with Crippen LogP contribution in [-0.4, -0.2) is 18.5 Å². The molecule has 0 aromatic heterocycles. The number of rotatable bonds is 4. The molecule has 0 bridgehead atoms. The summed E-state index contributed by atoms with van der Waals surface area (Å²) in [5.74, 6) is -1.13. The maximum atomic E-state index is 11.9. The van der Waals surface area contributed by atoms with Crippen molar-refractivity contribution in [3.8, 4) is 0 Å². The lowest BCUT2D eigenvalue weighted by atomic mass is 10.2. The van der Waals surface area contributed by atoms with Gasteiger partial charge in [0.05, 0.1) is 11.3 Å². The highest BCUT2D eigenvalue weighted by Crippen LogP contribution is 2.19. The molecule has 114 valence electrons. The van der Waals surface area contributed by atoms with Gasteiger partial charge in [-0.2, -0.15) is 0 Å².